The lowest BCUT2D eigenvalue weighted by atomic mass is 9.89. The smallest absolute Gasteiger partial charge is 0.161 e. The number of rotatable bonds is 2. The first-order valence-corrected chi connectivity index (χ1v) is 8.64. The van der Waals surface area contributed by atoms with E-state index in [1.807, 2.05) is 0 Å². The van der Waals surface area contributed by atoms with E-state index in [1.54, 1.807) is 14.2 Å². The molecule has 0 bridgehead atoms. The topological polar surface area (TPSA) is 23.4 Å². The fraction of sp³-hybridized carbons (Fsp3) is 0.421. The molecule has 1 aliphatic heterocycles. The predicted octanol–water partition coefficient (Wildman–Crippen LogP) is 4.34. The van der Waals surface area contributed by atoms with Gasteiger partial charge in [-0.05, 0) is 67.0 Å². The van der Waals surface area contributed by atoms with Crippen molar-refractivity contribution < 1.29 is 9.47 Å². The molecule has 0 unspecified atom stereocenters. The Balaban J connectivity index is 1.96. The molecule has 120 valence electrons. The minimum Gasteiger partial charge on any atom is -0.493 e. The van der Waals surface area contributed by atoms with Gasteiger partial charge in [-0.15, -0.1) is 0 Å². The van der Waals surface area contributed by atoms with E-state index < -0.39 is 0 Å². The summed E-state index contributed by atoms with van der Waals surface area (Å²) in [6.45, 7) is 0.948. The molecule has 0 saturated heterocycles. The Morgan fingerprint density at radius 2 is 1.65 bits per heavy atom. The molecule has 2 heterocycles. The molecule has 0 radical (unpaired) electrons. The van der Waals surface area contributed by atoms with Crippen molar-refractivity contribution in [2.75, 3.05) is 14.2 Å². The van der Waals surface area contributed by atoms with E-state index in [0.29, 0.717) is 0 Å². The van der Waals surface area contributed by atoms with Gasteiger partial charge < -0.3 is 14.0 Å². The number of methoxy groups -OCH3 is 2. The summed E-state index contributed by atoms with van der Waals surface area (Å²) in [5, 5.41) is 0. The third-order valence-corrected chi connectivity index (χ3v) is 5.57. The summed E-state index contributed by atoms with van der Waals surface area (Å²) in [5.74, 6) is 1.58. The zero-order valence-corrected chi connectivity index (χ0v) is 14.5. The van der Waals surface area contributed by atoms with Crippen molar-refractivity contribution in [1.29, 1.82) is 0 Å². The lowest BCUT2D eigenvalue weighted by molar-refractivity contribution is 0.354. The zero-order valence-electron chi connectivity index (χ0n) is 13.6. The van der Waals surface area contributed by atoms with Gasteiger partial charge in [0.05, 0.1) is 14.2 Å². The Morgan fingerprint density at radius 1 is 0.913 bits per heavy atom. The van der Waals surface area contributed by atoms with Crippen LogP contribution < -0.4 is 9.47 Å². The molecular weight excluding hydrogens is 306 g/mol. The number of fused-ring (bicyclic) bond motifs is 4. The maximum absolute atomic E-state index is 5.81. The predicted molar refractivity (Wildman–Crippen MR) is 94.2 cm³/mol. The van der Waals surface area contributed by atoms with Gasteiger partial charge in [0.15, 0.2) is 11.5 Å². The van der Waals surface area contributed by atoms with Crippen LogP contribution >= 0.6 is 12.2 Å². The van der Waals surface area contributed by atoms with Crippen LogP contribution in [0.2, 0.25) is 0 Å². The van der Waals surface area contributed by atoms with Gasteiger partial charge in [-0.2, -0.15) is 0 Å². The number of nitrogens with zero attached hydrogens (tertiary/aromatic N) is 1. The summed E-state index contributed by atoms with van der Waals surface area (Å²) in [7, 11) is 3.37. The Labute approximate surface area is 141 Å². The third-order valence-electron chi connectivity index (χ3n) is 5.11. The van der Waals surface area contributed by atoms with E-state index in [0.717, 1.165) is 41.9 Å². The van der Waals surface area contributed by atoms with Crippen molar-refractivity contribution in [3.8, 4) is 22.8 Å². The van der Waals surface area contributed by atoms with E-state index in [9.17, 15) is 0 Å². The van der Waals surface area contributed by atoms with Crippen LogP contribution in [0.25, 0.3) is 11.3 Å². The van der Waals surface area contributed by atoms with Gasteiger partial charge in [0.1, 0.15) is 4.64 Å². The highest BCUT2D eigenvalue weighted by Gasteiger charge is 2.23. The average Bonchev–Trinajstić information content (AvgIpc) is 2.60. The van der Waals surface area contributed by atoms with Gasteiger partial charge >= 0.3 is 0 Å². The summed E-state index contributed by atoms with van der Waals surface area (Å²) >= 11 is 5.81. The molecule has 0 fully saturated rings. The first kappa shape index (κ1) is 14.8. The number of aryl methyl sites for hydroxylation is 2. The van der Waals surface area contributed by atoms with Crippen molar-refractivity contribution in [2.24, 2.45) is 0 Å². The summed E-state index contributed by atoms with van der Waals surface area (Å²) < 4.78 is 14.3. The molecule has 2 aliphatic rings. The summed E-state index contributed by atoms with van der Waals surface area (Å²) in [6.07, 6.45) is 5.79. The van der Waals surface area contributed by atoms with E-state index in [1.165, 1.54) is 40.8 Å². The van der Waals surface area contributed by atoms with Crippen molar-refractivity contribution >= 4 is 12.2 Å². The largest absolute Gasteiger partial charge is 0.493 e. The van der Waals surface area contributed by atoms with Crippen LogP contribution in [0, 0.1) is 4.64 Å². The van der Waals surface area contributed by atoms with E-state index in [4.69, 9.17) is 21.7 Å². The highest BCUT2D eigenvalue weighted by atomic mass is 32.1. The van der Waals surface area contributed by atoms with Crippen LogP contribution in [0.5, 0.6) is 11.5 Å². The molecule has 1 aliphatic carbocycles. The van der Waals surface area contributed by atoms with Crippen LogP contribution in [0.1, 0.15) is 29.5 Å². The minimum atomic E-state index is 0.781. The molecule has 0 N–H and O–H groups in total. The van der Waals surface area contributed by atoms with Crippen LogP contribution in [0.3, 0.4) is 0 Å². The van der Waals surface area contributed by atoms with E-state index in [2.05, 4.69) is 22.8 Å². The van der Waals surface area contributed by atoms with Gasteiger partial charge in [0, 0.05) is 17.8 Å². The molecule has 3 nitrogen and oxygen atoms in total. The first-order chi connectivity index (χ1) is 11.2. The molecule has 1 aromatic carbocycles. The highest BCUT2D eigenvalue weighted by molar-refractivity contribution is 7.71. The first-order valence-electron chi connectivity index (χ1n) is 8.24. The lowest BCUT2D eigenvalue weighted by Crippen LogP contribution is -2.18. The maximum Gasteiger partial charge on any atom is 0.161 e. The van der Waals surface area contributed by atoms with Crippen molar-refractivity contribution in [3.63, 3.8) is 0 Å². The van der Waals surface area contributed by atoms with Gasteiger partial charge in [-0.1, -0.05) is 12.2 Å². The normalized spacial score (nSPS) is 15.4. The van der Waals surface area contributed by atoms with Gasteiger partial charge in [-0.25, -0.2) is 0 Å². The van der Waals surface area contributed by atoms with E-state index in [-0.39, 0.29) is 0 Å². The summed E-state index contributed by atoms with van der Waals surface area (Å²) in [4.78, 5) is 0. The van der Waals surface area contributed by atoms with Crippen molar-refractivity contribution in [1.82, 2.24) is 4.57 Å². The molecule has 0 atom stereocenters. The third kappa shape index (κ3) is 2.27. The molecule has 0 amide bonds. The van der Waals surface area contributed by atoms with Crippen LogP contribution in [-0.2, 0) is 25.8 Å². The quantitative estimate of drug-likeness (QED) is 0.767. The Kier molecular flexibility index (Phi) is 3.64. The molecule has 2 aromatic rings. The number of benzene rings is 1. The van der Waals surface area contributed by atoms with Gasteiger partial charge in [-0.3, -0.25) is 0 Å². The highest BCUT2D eigenvalue weighted by Crippen LogP contribution is 2.40. The van der Waals surface area contributed by atoms with Crippen LogP contribution in [0.15, 0.2) is 18.2 Å². The van der Waals surface area contributed by atoms with Gasteiger partial charge in [0.25, 0.3) is 0 Å². The van der Waals surface area contributed by atoms with Crippen LogP contribution in [-0.4, -0.2) is 18.8 Å². The van der Waals surface area contributed by atoms with Gasteiger partial charge in [0.2, 0.25) is 0 Å². The van der Waals surface area contributed by atoms with Crippen molar-refractivity contribution in [3.05, 3.63) is 39.5 Å². The number of aromatic nitrogens is 1. The number of pyridine rings is 1. The second kappa shape index (κ2) is 5.68. The average molecular weight is 327 g/mol. The van der Waals surface area contributed by atoms with Crippen molar-refractivity contribution in [2.45, 2.75) is 38.6 Å². The number of ether oxygens (including phenoxy) is 2. The summed E-state index contributed by atoms with van der Waals surface area (Å²) in [6, 6.07) is 6.57. The fourth-order valence-corrected chi connectivity index (χ4v) is 4.31. The Hall–Kier alpha value is -1.81. The zero-order chi connectivity index (χ0) is 16.0. The fourth-order valence-electron chi connectivity index (χ4n) is 3.89. The van der Waals surface area contributed by atoms with E-state index >= 15 is 0 Å². The molecule has 0 saturated carbocycles. The summed E-state index contributed by atoms with van der Waals surface area (Å²) in [5.41, 5.74) is 6.62. The Morgan fingerprint density at radius 3 is 2.43 bits per heavy atom. The van der Waals surface area contributed by atoms with Crippen LogP contribution in [0.4, 0.5) is 0 Å². The molecule has 4 rings (SSSR count). The standard InChI is InChI=1S/C19H21NO2S/c1-21-17-10-13-7-8-20-16(15(13)11-18(17)22-2)9-12-5-3-4-6-14(12)19(20)23/h9-11H,3-8H2,1-2H3. The second-order valence-electron chi connectivity index (χ2n) is 6.31. The molecule has 0 spiro atoms. The molecule has 4 heteroatoms. The molecule has 23 heavy (non-hydrogen) atoms. The number of hydrogen-bond donors (Lipinski definition) is 0. The molecule has 1 aromatic heterocycles. The molecular formula is C19H21NO2S. The maximum atomic E-state index is 5.81. The Bertz CT molecular complexity index is 838. The lowest BCUT2D eigenvalue weighted by Gasteiger charge is -2.27. The monoisotopic (exact) mass is 327 g/mol. The number of hydrogen-bond acceptors (Lipinski definition) is 3. The minimum absolute atomic E-state index is 0.781. The second-order valence-corrected chi connectivity index (χ2v) is 6.70. The SMILES string of the molecule is COc1cc2c(cc1OC)-c1cc3c(c(=S)n1CC2)CCCC3.